The molecule has 3 aromatic rings. The van der Waals surface area contributed by atoms with Crippen LogP contribution in [-0.4, -0.2) is 35.9 Å². The Labute approximate surface area is 199 Å². The molecule has 0 unspecified atom stereocenters. The summed E-state index contributed by atoms with van der Waals surface area (Å²) in [7, 11) is 0. The Morgan fingerprint density at radius 2 is 1.59 bits per heavy atom. The highest BCUT2D eigenvalue weighted by Gasteiger charge is 2.07. The van der Waals surface area contributed by atoms with Crippen molar-refractivity contribution in [2.75, 3.05) is 19.7 Å². The molecule has 32 heavy (non-hydrogen) atoms. The first kappa shape index (κ1) is 25.7. The van der Waals surface area contributed by atoms with Gasteiger partial charge in [-0.2, -0.15) is 0 Å². The summed E-state index contributed by atoms with van der Waals surface area (Å²) in [5, 5.41) is 22.8. The molecule has 170 valence electrons. The summed E-state index contributed by atoms with van der Waals surface area (Å²) in [5.74, 6) is -0.439. The van der Waals surface area contributed by atoms with Crippen LogP contribution in [-0.2, 0) is 17.6 Å². The summed E-state index contributed by atoms with van der Waals surface area (Å²) in [6, 6.07) is 23.2. The Morgan fingerprint density at radius 1 is 0.969 bits per heavy atom. The van der Waals surface area contributed by atoms with Crippen molar-refractivity contribution < 1.29 is 19.7 Å². The summed E-state index contributed by atoms with van der Waals surface area (Å²) >= 11 is 5.97. The average molecular weight is 476 g/mol. The number of aliphatic hydroxyl groups excluding tert-OH is 1. The van der Waals surface area contributed by atoms with Gasteiger partial charge in [0.2, 0.25) is 0 Å². The fraction of sp³-hybridized carbons (Fsp3) is 0.240. The van der Waals surface area contributed by atoms with Gasteiger partial charge in [0, 0.05) is 11.6 Å². The molecule has 0 spiro atoms. The van der Waals surface area contributed by atoms with Gasteiger partial charge < -0.3 is 20.3 Å². The lowest BCUT2D eigenvalue weighted by molar-refractivity contribution is -0.139. The molecule has 3 aromatic carbocycles. The third kappa shape index (κ3) is 8.52. The topological polar surface area (TPSA) is 78.8 Å². The molecular weight excluding hydrogens is 449 g/mol. The zero-order chi connectivity index (χ0) is 22.1. The van der Waals surface area contributed by atoms with E-state index in [0.717, 1.165) is 30.5 Å². The molecule has 0 bridgehead atoms. The predicted octanol–water partition coefficient (Wildman–Crippen LogP) is 4.68. The number of hydrogen-bond acceptors (Lipinski definition) is 4. The molecule has 0 aliphatic carbocycles. The second-order valence-electron chi connectivity index (χ2n) is 7.34. The minimum Gasteiger partial charge on any atom is -0.482 e. The molecule has 0 heterocycles. The quantitative estimate of drug-likeness (QED) is 0.350. The highest BCUT2D eigenvalue weighted by molar-refractivity contribution is 6.30. The number of aliphatic carboxylic acids is 1. The molecule has 0 aliphatic rings. The highest BCUT2D eigenvalue weighted by Crippen LogP contribution is 2.18. The Bertz CT molecular complexity index is 978. The Morgan fingerprint density at radius 3 is 2.22 bits per heavy atom. The van der Waals surface area contributed by atoms with Gasteiger partial charge in [0.05, 0.1) is 6.10 Å². The van der Waals surface area contributed by atoms with Gasteiger partial charge >= 0.3 is 5.97 Å². The number of hydrogen-bond donors (Lipinski definition) is 3. The van der Waals surface area contributed by atoms with Crippen molar-refractivity contribution >= 4 is 30.0 Å². The maximum atomic E-state index is 10.5. The lowest BCUT2D eigenvalue weighted by atomic mass is 10.0. The van der Waals surface area contributed by atoms with Crippen LogP contribution in [0.25, 0.3) is 0 Å². The number of carbonyl (C=O) groups is 1. The Kier molecular flexibility index (Phi) is 10.5. The van der Waals surface area contributed by atoms with Crippen molar-refractivity contribution in [1.29, 1.82) is 0 Å². The molecule has 0 saturated heterocycles. The van der Waals surface area contributed by atoms with Crippen molar-refractivity contribution in [1.82, 2.24) is 5.32 Å². The van der Waals surface area contributed by atoms with Crippen LogP contribution < -0.4 is 10.1 Å². The van der Waals surface area contributed by atoms with E-state index in [1.807, 2.05) is 24.3 Å². The molecule has 3 rings (SSSR count). The lowest BCUT2D eigenvalue weighted by Gasteiger charge is -2.12. The monoisotopic (exact) mass is 475 g/mol. The summed E-state index contributed by atoms with van der Waals surface area (Å²) in [6.07, 6.45) is 1.09. The van der Waals surface area contributed by atoms with Gasteiger partial charge in [0.1, 0.15) is 5.75 Å². The minimum absolute atomic E-state index is 0. The maximum absolute atomic E-state index is 10.5. The molecule has 5 nitrogen and oxygen atoms in total. The van der Waals surface area contributed by atoms with Gasteiger partial charge in [-0.15, -0.1) is 12.4 Å². The van der Waals surface area contributed by atoms with Gasteiger partial charge in [-0.25, -0.2) is 4.79 Å². The van der Waals surface area contributed by atoms with Gasteiger partial charge in [-0.05, 0) is 65.9 Å². The molecule has 0 aromatic heterocycles. The molecule has 0 radical (unpaired) electrons. The third-order valence-electron chi connectivity index (χ3n) is 4.88. The van der Waals surface area contributed by atoms with Crippen LogP contribution in [0.2, 0.25) is 5.02 Å². The largest absolute Gasteiger partial charge is 0.482 e. The number of carboxylic acid groups (broad SMARTS) is 1. The van der Waals surface area contributed by atoms with E-state index < -0.39 is 12.1 Å². The van der Waals surface area contributed by atoms with E-state index >= 15 is 0 Å². The highest BCUT2D eigenvalue weighted by atomic mass is 35.5. The van der Waals surface area contributed by atoms with Gasteiger partial charge in [0.25, 0.3) is 0 Å². The first-order valence-electron chi connectivity index (χ1n) is 10.2. The number of benzene rings is 3. The van der Waals surface area contributed by atoms with E-state index in [9.17, 15) is 9.90 Å². The van der Waals surface area contributed by atoms with Crippen molar-refractivity contribution in [3.05, 3.63) is 100 Å². The van der Waals surface area contributed by atoms with Gasteiger partial charge in [0.15, 0.2) is 6.61 Å². The second-order valence-corrected chi connectivity index (χ2v) is 7.78. The number of ether oxygens (including phenoxy) is 1. The molecule has 0 aliphatic heterocycles. The van der Waals surface area contributed by atoms with E-state index in [-0.39, 0.29) is 19.0 Å². The summed E-state index contributed by atoms with van der Waals surface area (Å²) in [4.78, 5) is 10.5. The minimum atomic E-state index is -0.989. The molecule has 3 N–H and O–H groups in total. The SMILES string of the molecule is Cl.O=C(O)COc1ccc(Cc2ccc(CCNC[C@@H](O)c3cccc(Cl)c3)cc2)cc1. The normalized spacial score (nSPS) is 11.4. The summed E-state index contributed by atoms with van der Waals surface area (Å²) in [6.45, 7) is 0.911. The van der Waals surface area contributed by atoms with E-state index in [1.54, 1.807) is 24.3 Å². The van der Waals surface area contributed by atoms with Crippen molar-refractivity contribution in [2.45, 2.75) is 18.9 Å². The Hall–Kier alpha value is -2.57. The fourth-order valence-corrected chi connectivity index (χ4v) is 3.41. The summed E-state index contributed by atoms with van der Waals surface area (Å²) < 4.78 is 5.15. The number of carboxylic acids is 1. The van der Waals surface area contributed by atoms with E-state index in [1.165, 1.54) is 11.1 Å². The molecule has 0 saturated carbocycles. The van der Waals surface area contributed by atoms with E-state index in [2.05, 4.69) is 29.6 Å². The number of rotatable bonds is 11. The van der Waals surface area contributed by atoms with Crippen LogP contribution in [0.3, 0.4) is 0 Å². The first-order valence-corrected chi connectivity index (χ1v) is 10.5. The van der Waals surface area contributed by atoms with Gasteiger partial charge in [-0.1, -0.05) is 60.1 Å². The smallest absolute Gasteiger partial charge is 0.341 e. The lowest BCUT2D eigenvalue weighted by Crippen LogP contribution is -2.23. The third-order valence-corrected chi connectivity index (χ3v) is 5.11. The van der Waals surface area contributed by atoms with Crippen molar-refractivity contribution in [3.63, 3.8) is 0 Å². The van der Waals surface area contributed by atoms with Crippen LogP contribution in [0.1, 0.15) is 28.4 Å². The zero-order valence-electron chi connectivity index (χ0n) is 17.5. The van der Waals surface area contributed by atoms with Crippen LogP contribution in [0, 0.1) is 0 Å². The zero-order valence-corrected chi connectivity index (χ0v) is 19.1. The standard InChI is InChI=1S/C25H26ClNO4.ClH/c26-22-3-1-2-21(15-22)24(28)16-27-13-12-18-4-6-19(7-5-18)14-20-8-10-23(11-9-20)31-17-25(29)30;/h1-11,15,24,27-28H,12-14,16-17H2,(H,29,30);1H/t24-;/m1./s1. The van der Waals surface area contributed by atoms with Crippen LogP contribution >= 0.6 is 24.0 Å². The number of aliphatic hydroxyl groups is 1. The predicted molar refractivity (Wildman–Crippen MR) is 129 cm³/mol. The molecule has 0 fully saturated rings. The Balaban J connectivity index is 0.00000363. The molecule has 1 atom stereocenters. The van der Waals surface area contributed by atoms with Crippen LogP contribution in [0.15, 0.2) is 72.8 Å². The molecule has 0 amide bonds. The number of halogens is 2. The fourth-order valence-electron chi connectivity index (χ4n) is 3.21. The van der Waals surface area contributed by atoms with E-state index in [0.29, 0.717) is 17.3 Å². The van der Waals surface area contributed by atoms with Gasteiger partial charge in [-0.3, -0.25) is 0 Å². The second kappa shape index (κ2) is 13.1. The molecular formula is C25H27Cl2NO4. The molecule has 7 heteroatoms. The van der Waals surface area contributed by atoms with Crippen LogP contribution in [0.5, 0.6) is 5.75 Å². The van der Waals surface area contributed by atoms with E-state index in [4.69, 9.17) is 21.4 Å². The van der Waals surface area contributed by atoms with Crippen molar-refractivity contribution in [3.8, 4) is 5.75 Å². The van der Waals surface area contributed by atoms with Crippen LogP contribution in [0.4, 0.5) is 0 Å². The average Bonchev–Trinajstić information content (AvgIpc) is 2.77. The number of nitrogens with one attached hydrogen (secondary N) is 1. The van der Waals surface area contributed by atoms with Crippen molar-refractivity contribution in [2.24, 2.45) is 0 Å². The maximum Gasteiger partial charge on any atom is 0.341 e. The summed E-state index contributed by atoms with van der Waals surface area (Å²) in [5.41, 5.74) is 4.37. The first-order chi connectivity index (χ1) is 15.0.